The van der Waals surface area contributed by atoms with Crippen LogP contribution in [-0.2, 0) is 15.4 Å². The number of nitrogens with one attached hydrogen (secondary N) is 1. The number of benzene rings is 1. The third-order valence-electron chi connectivity index (χ3n) is 2.63. The highest BCUT2D eigenvalue weighted by atomic mass is 35.5. The van der Waals surface area contributed by atoms with Gasteiger partial charge in [-0.05, 0) is 26.0 Å². The number of alkyl halides is 1. The Morgan fingerprint density at radius 2 is 2.29 bits per heavy atom. The number of hydrogen-bond donors (Lipinski definition) is 1. The van der Waals surface area contributed by atoms with Crippen molar-refractivity contribution in [3.05, 3.63) is 35.3 Å². The Morgan fingerprint density at radius 1 is 1.48 bits per heavy atom. The highest BCUT2D eigenvalue weighted by molar-refractivity contribution is 7.13. The molecule has 0 atom stereocenters. The zero-order valence-electron chi connectivity index (χ0n) is 11.9. The Bertz CT molecular complexity index is 613. The molecule has 1 amide bonds. The number of halogens is 1. The predicted octanol–water partition coefficient (Wildman–Crippen LogP) is 3.91. The number of rotatable bonds is 6. The molecule has 0 saturated heterocycles. The summed E-state index contributed by atoms with van der Waals surface area (Å²) in [6.45, 7) is 3.84. The lowest BCUT2D eigenvalue weighted by molar-refractivity contribution is -0.121. The molecule has 2 aromatic rings. The van der Waals surface area contributed by atoms with Gasteiger partial charge >= 0.3 is 0 Å². The number of ether oxygens (including phenoxy) is 1. The highest BCUT2D eigenvalue weighted by Gasteiger charge is 2.07. The lowest BCUT2D eigenvalue weighted by atomic mass is 10.2. The highest BCUT2D eigenvalue weighted by Crippen LogP contribution is 2.26. The second kappa shape index (κ2) is 7.54. The van der Waals surface area contributed by atoms with Crippen LogP contribution in [0.4, 0.5) is 5.69 Å². The Labute approximate surface area is 133 Å². The van der Waals surface area contributed by atoms with Crippen LogP contribution in [0.5, 0.6) is 0 Å². The number of hydrogen-bond acceptors (Lipinski definition) is 4. The van der Waals surface area contributed by atoms with E-state index in [0.717, 1.165) is 22.0 Å². The summed E-state index contributed by atoms with van der Waals surface area (Å²) in [5, 5.41) is 5.64. The van der Waals surface area contributed by atoms with Gasteiger partial charge in [0.05, 0.1) is 17.7 Å². The molecule has 1 aromatic heterocycles. The Kier molecular flexibility index (Phi) is 5.73. The minimum absolute atomic E-state index is 0.0337. The number of carbonyl (C=O) groups excluding carboxylic acids is 1. The van der Waals surface area contributed by atoms with Crippen LogP contribution >= 0.6 is 22.9 Å². The molecule has 0 saturated carbocycles. The van der Waals surface area contributed by atoms with Gasteiger partial charge in [-0.3, -0.25) is 4.79 Å². The van der Waals surface area contributed by atoms with Crippen molar-refractivity contribution in [1.82, 2.24) is 4.98 Å². The molecule has 6 heteroatoms. The first kappa shape index (κ1) is 15.9. The average Bonchev–Trinajstić information content (AvgIpc) is 2.94. The Hall–Kier alpha value is -1.43. The largest absolute Gasteiger partial charge is 0.369 e. The minimum Gasteiger partial charge on any atom is -0.369 e. The maximum atomic E-state index is 11.7. The first-order chi connectivity index (χ1) is 10.1. The van der Waals surface area contributed by atoms with Crippen molar-refractivity contribution in [2.75, 3.05) is 11.9 Å². The summed E-state index contributed by atoms with van der Waals surface area (Å²) in [5.74, 6) is 0.237. The van der Waals surface area contributed by atoms with Crippen LogP contribution in [0.2, 0.25) is 0 Å². The smallest absolute Gasteiger partial charge is 0.250 e. The van der Waals surface area contributed by atoms with Crippen molar-refractivity contribution in [1.29, 1.82) is 0 Å². The zero-order valence-corrected chi connectivity index (χ0v) is 13.5. The van der Waals surface area contributed by atoms with Crippen LogP contribution in [0.25, 0.3) is 10.6 Å². The van der Waals surface area contributed by atoms with Crippen molar-refractivity contribution >= 4 is 34.5 Å². The van der Waals surface area contributed by atoms with Gasteiger partial charge in [0.15, 0.2) is 0 Å². The van der Waals surface area contributed by atoms with Crippen molar-refractivity contribution in [2.45, 2.75) is 25.8 Å². The lowest BCUT2D eigenvalue weighted by Gasteiger charge is -2.09. The van der Waals surface area contributed by atoms with E-state index < -0.39 is 0 Å². The molecule has 0 spiro atoms. The molecule has 1 heterocycles. The van der Waals surface area contributed by atoms with E-state index in [1.807, 2.05) is 43.5 Å². The molecule has 0 bridgehead atoms. The van der Waals surface area contributed by atoms with Crippen LogP contribution in [0.1, 0.15) is 19.5 Å². The Balaban J connectivity index is 2.05. The molecule has 2 rings (SSSR count). The van der Waals surface area contributed by atoms with Crippen LogP contribution in [0.15, 0.2) is 29.6 Å². The van der Waals surface area contributed by atoms with E-state index in [4.69, 9.17) is 16.3 Å². The molecule has 0 aliphatic heterocycles. The number of nitrogens with zero attached hydrogens (tertiary/aromatic N) is 1. The predicted molar refractivity (Wildman–Crippen MR) is 86.8 cm³/mol. The van der Waals surface area contributed by atoms with Gasteiger partial charge in [0.25, 0.3) is 0 Å². The quantitative estimate of drug-likeness (QED) is 0.819. The number of aromatic nitrogens is 1. The van der Waals surface area contributed by atoms with Gasteiger partial charge in [-0.1, -0.05) is 12.1 Å². The number of amides is 1. The van der Waals surface area contributed by atoms with Gasteiger partial charge in [-0.2, -0.15) is 0 Å². The van der Waals surface area contributed by atoms with E-state index >= 15 is 0 Å². The summed E-state index contributed by atoms with van der Waals surface area (Å²) in [6.07, 6.45) is 0.0337. The van der Waals surface area contributed by atoms with Crippen molar-refractivity contribution < 1.29 is 9.53 Å². The molecular weight excluding hydrogens is 308 g/mol. The maximum absolute atomic E-state index is 11.7. The summed E-state index contributed by atoms with van der Waals surface area (Å²) in [5.41, 5.74) is 2.54. The lowest BCUT2D eigenvalue weighted by Crippen LogP contribution is -2.20. The third kappa shape index (κ3) is 4.81. The molecule has 0 unspecified atom stereocenters. The van der Waals surface area contributed by atoms with Crippen LogP contribution in [0, 0.1) is 0 Å². The molecule has 1 N–H and O–H groups in total. The van der Waals surface area contributed by atoms with E-state index in [1.54, 1.807) is 0 Å². The van der Waals surface area contributed by atoms with E-state index in [9.17, 15) is 4.79 Å². The maximum Gasteiger partial charge on any atom is 0.250 e. The second-order valence-corrected chi connectivity index (χ2v) is 5.89. The molecular formula is C15H17ClN2O2S. The fourth-order valence-corrected chi connectivity index (χ4v) is 2.72. The van der Waals surface area contributed by atoms with Gasteiger partial charge in [-0.15, -0.1) is 22.9 Å². The van der Waals surface area contributed by atoms with E-state index in [-0.39, 0.29) is 18.6 Å². The van der Waals surface area contributed by atoms with Crippen molar-refractivity contribution in [3.8, 4) is 10.6 Å². The van der Waals surface area contributed by atoms with E-state index in [1.165, 1.54) is 11.3 Å². The second-order valence-electron chi connectivity index (χ2n) is 4.77. The van der Waals surface area contributed by atoms with E-state index in [0.29, 0.717) is 5.88 Å². The normalized spacial score (nSPS) is 10.9. The average molecular weight is 325 g/mol. The van der Waals surface area contributed by atoms with Crippen LogP contribution in [0.3, 0.4) is 0 Å². The SMILES string of the molecule is CC(C)OCC(=O)Nc1cccc(-c2nc(CCl)cs2)c1. The third-order valence-corrected chi connectivity index (χ3v) is 3.84. The molecule has 21 heavy (non-hydrogen) atoms. The molecule has 1 aromatic carbocycles. The van der Waals surface area contributed by atoms with Gasteiger partial charge < -0.3 is 10.1 Å². The monoisotopic (exact) mass is 324 g/mol. The minimum atomic E-state index is -0.165. The zero-order chi connectivity index (χ0) is 15.2. The van der Waals surface area contributed by atoms with Crippen molar-refractivity contribution in [3.63, 3.8) is 0 Å². The summed E-state index contributed by atoms with van der Waals surface area (Å²) in [7, 11) is 0. The Morgan fingerprint density at radius 3 is 2.95 bits per heavy atom. The molecule has 0 aliphatic rings. The first-order valence-corrected chi connectivity index (χ1v) is 8.02. The van der Waals surface area contributed by atoms with Gasteiger partial charge in [0, 0.05) is 16.6 Å². The van der Waals surface area contributed by atoms with Crippen molar-refractivity contribution in [2.24, 2.45) is 0 Å². The molecule has 0 aliphatic carbocycles. The summed E-state index contributed by atoms with van der Waals surface area (Å²) < 4.78 is 5.27. The van der Waals surface area contributed by atoms with Gasteiger partial charge in [0.1, 0.15) is 11.6 Å². The summed E-state index contributed by atoms with van der Waals surface area (Å²) in [4.78, 5) is 16.2. The molecule has 112 valence electrons. The van der Waals surface area contributed by atoms with Gasteiger partial charge in [0.2, 0.25) is 5.91 Å². The number of thiazole rings is 1. The number of anilines is 1. The standard InChI is InChI=1S/C15H17ClN2O2S/c1-10(2)20-8-14(19)17-12-5-3-4-11(6-12)15-18-13(7-16)9-21-15/h3-6,9-10H,7-8H2,1-2H3,(H,17,19). The van der Waals surface area contributed by atoms with Gasteiger partial charge in [-0.25, -0.2) is 4.98 Å². The summed E-state index contributed by atoms with van der Waals surface area (Å²) in [6, 6.07) is 7.57. The molecule has 4 nitrogen and oxygen atoms in total. The molecule has 0 radical (unpaired) electrons. The number of carbonyl (C=O) groups is 1. The van der Waals surface area contributed by atoms with E-state index in [2.05, 4.69) is 10.3 Å². The molecule has 0 fully saturated rings. The topological polar surface area (TPSA) is 51.2 Å². The fraction of sp³-hybridized carbons (Fsp3) is 0.333. The van der Waals surface area contributed by atoms with Crippen LogP contribution in [-0.4, -0.2) is 23.6 Å². The van der Waals surface area contributed by atoms with Crippen LogP contribution < -0.4 is 5.32 Å². The fourth-order valence-electron chi connectivity index (χ4n) is 1.67. The summed E-state index contributed by atoms with van der Waals surface area (Å²) >= 11 is 7.30. The first-order valence-electron chi connectivity index (χ1n) is 6.60.